The predicted octanol–water partition coefficient (Wildman–Crippen LogP) is 5.02. The van der Waals surface area contributed by atoms with Gasteiger partial charge in [-0.25, -0.2) is 0 Å². The maximum absolute atomic E-state index is 10.0. The highest BCUT2D eigenvalue weighted by atomic mass is 16.6. The Bertz CT molecular complexity index is 385. The topological polar surface area (TPSA) is 32.8 Å². The van der Waals surface area contributed by atoms with E-state index in [1.165, 1.54) is 44.9 Å². The summed E-state index contributed by atoms with van der Waals surface area (Å²) in [5.74, 6) is 0.902. The van der Waals surface area contributed by atoms with Gasteiger partial charge in [-0.1, -0.05) is 63.6 Å². The number of epoxide rings is 1. The lowest BCUT2D eigenvalue weighted by Gasteiger charge is -2.17. The number of phenolic OH excluding ortho intramolecular Hbond substituents is 1. The summed E-state index contributed by atoms with van der Waals surface area (Å²) in [6, 6.07) is 7.79. The van der Waals surface area contributed by atoms with Crippen molar-refractivity contribution in [3.8, 4) is 5.75 Å². The zero-order valence-corrected chi connectivity index (χ0v) is 12.7. The third-order valence-corrected chi connectivity index (χ3v) is 4.23. The quantitative estimate of drug-likeness (QED) is 0.481. The van der Waals surface area contributed by atoms with Crippen LogP contribution < -0.4 is 0 Å². The fraction of sp³-hybridized carbons (Fsp3) is 0.667. The van der Waals surface area contributed by atoms with Gasteiger partial charge in [-0.3, -0.25) is 0 Å². The number of phenols is 1. The number of rotatable bonds is 10. The van der Waals surface area contributed by atoms with Crippen LogP contribution >= 0.6 is 0 Å². The maximum Gasteiger partial charge on any atom is 0.119 e. The molecule has 2 heteroatoms. The zero-order valence-electron chi connectivity index (χ0n) is 12.7. The molecule has 0 aromatic heterocycles. The Morgan fingerprint density at radius 3 is 2.55 bits per heavy atom. The molecule has 2 atom stereocenters. The second-order valence-electron chi connectivity index (χ2n) is 6.00. The third kappa shape index (κ3) is 5.16. The molecule has 1 N–H and O–H groups in total. The Balaban J connectivity index is 1.80. The number of benzene rings is 1. The SMILES string of the molecule is CCCCCCCCC(CC1CO1)c1ccccc1O. The van der Waals surface area contributed by atoms with Crippen LogP contribution in [0.4, 0.5) is 0 Å². The first kappa shape index (κ1) is 15.4. The summed E-state index contributed by atoms with van der Waals surface area (Å²) in [5.41, 5.74) is 1.11. The molecular weight excluding hydrogens is 248 g/mol. The third-order valence-electron chi connectivity index (χ3n) is 4.23. The standard InChI is InChI=1S/C18H28O2/c1-2-3-4-5-6-7-10-15(13-16-14-20-16)17-11-8-9-12-18(17)19/h8-9,11-12,15-16,19H,2-7,10,13-14H2,1H3. The van der Waals surface area contributed by atoms with Crippen LogP contribution in [0.25, 0.3) is 0 Å². The van der Waals surface area contributed by atoms with Crippen molar-refractivity contribution in [1.29, 1.82) is 0 Å². The number of hydrogen-bond acceptors (Lipinski definition) is 2. The molecule has 2 rings (SSSR count). The summed E-state index contributed by atoms with van der Waals surface area (Å²) in [6.45, 7) is 3.16. The first-order chi connectivity index (χ1) is 9.81. The monoisotopic (exact) mass is 276 g/mol. The number of aromatic hydroxyl groups is 1. The Morgan fingerprint density at radius 1 is 1.15 bits per heavy atom. The Morgan fingerprint density at radius 2 is 1.85 bits per heavy atom. The zero-order chi connectivity index (χ0) is 14.2. The van der Waals surface area contributed by atoms with Crippen LogP contribution in [0.1, 0.15) is 69.8 Å². The van der Waals surface area contributed by atoms with Crippen LogP contribution in [0.15, 0.2) is 24.3 Å². The minimum absolute atomic E-state index is 0.430. The van der Waals surface area contributed by atoms with Gasteiger partial charge < -0.3 is 9.84 Å². The van der Waals surface area contributed by atoms with Crippen LogP contribution in [0.2, 0.25) is 0 Å². The molecule has 20 heavy (non-hydrogen) atoms. The fourth-order valence-electron chi connectivity index (χ4n) is 2.93. The Labute approximate surface area is 123 Å². The van der Waals surface area contributed by atoms with Crippen molar-refractivity contribution < 1.29 is 9.84 Å². The van der Waals surface area contributed by atoms with E-state index in [1.807, 2.05) is 12.1 Å². The van der Waals surface area contributed by atoms with Crippen LogP contribution in [0, 0.1) is 0 Å². The predicted molar refractivity (Wildman–Crippen MR) is 83.2 cm³/mol. The second kappa shape index (κ2) is 8.31. The van der Waals surface area contributed by atoms with Gasteiger partial charge in [0.1, 0.15) is 5.75 Å². The smallest absolute Gasteiger partial charge is 0.119 e. The molecule has 2 unspecified atom stereocenters. The summed E-state index contributed by atoms with van der Waals surface area (Å²) < 4.78 is 5.38. The molecule has 0 amide bonds. The highest BCUT2D eigenvalue weighted by Crippen LogP contribution is 2.36. The van der Waals surface area contributed by atoms with Gasteiger partial charge in [0, 0.05) is 0 Å². The average molecular weight is 276 g/mol. The van der Waals surface area contributed by atoms with E-state index in [0.29, 0.717) is 17.8 Å². The molecule has 0 aliphatic carbocycles. The highest BCUT2D eigenvalue weighted by molar-refractivity contribution is 5.35. The van der Waals surface area contributed by atoms with Gasteiger partial charge in [0.25, 0.3) is 0 Å². The molecule has 0 bridgehead atoms. The molecule has 1 heterocycles. The molecule has 1 aliphatic heterocycles. The summed E-state index contributed by atoms with van der Waals surface area (Å²) in [4.78, 5) is 0. The van der Waals surface area contributed by atoms with Crippen molar-refractivity contribution in [2.24, 2.45) is 0 Å². The van der Waals surface area contributed by atoms with E-state index in [4.69, 9.17) is 4.74 Å². The molecule has 1 fully saturated rings. The molecule has 1 saturated heterocycles. The minimum Gasteiger partial charge on any atom is -0.508 e. The molecular formula is C18H28O2. The van der Waals surface area contributed by atoms with Crippen LogP contribution in [0.3, 0.4) is 0 Å². The summed E-state index contributed by atoms with van der Waals surface area (Å²) in [5, 5.41) is 10.0. The molecule has 2 nitrogen and oxygen atoms in total. The summed E-state index contributed by atoms with van der Waals surface area (Å²) >= 11 is 0. The lowest BCUT2D eigenvalue weighted by molar-refractivity contribution is 0.366. The normalized spacial score (nSPS) is 18.9. The summed E-state index contributed by atoms with van der Waals surface area (Å²) in [7, 11) is 0. The van der Waals surface area contributed by atoms with Gasteiger partial charge in [-0.2, -0.15) is 0 Å². The van der Waals surface area contributed by atoms with Crippen molar-refractivity contribution in [3.63, 3.8) is 0 Å². The van der Waals surface area contributed by atoms with Crippen LogP contribution in [-0.2, 0) is 4.74 Å². The van der Waals surface area contributed by atoms with E-state index in [-0.39, 0.29) is 0 Å². The molecule has 112 valence electrons. The molecule has 1 aromatic carbocycles. The van der Waals surface area contributed by atoms with Crippen molar-refractivity contribution in [1.82, 2.24) is 0 Å². The van der Waals surface area contributed by atoms with Crippen molar-refractivity contribution >= 4 is 0 Å². The lowest BCUT2D eigenvalue weighted by atomic mass is 9.88. The Hall–Kier alpha value is -1.02. The van der Waals surface area contributed by atoms with Gasteiger partial charge in [0.2, 0.25) is 0 Å². The van der Waals surface area contributed by atoms with Crippen molar-refractivity contribution in [2.45, 2.75) is 70.3 Å². The lowest BCUT2D eigenvalue weighted by Crippen LogP contribution is -2.03. The van der Waals surface area contributed by atoms with E-state index in [1.54, 1.807) is 6.07 Å². The molecule has 0 spiro atoms. The van der Waals surface area contributed by atoms with Crippen LogP contribution in [0.5, 0.6) is 5.75 Å². The fourth-order valence-corrected chi connectivity index (χ4v) is 2.93. The van der Waals surface area contributed by atoms with Gasteiger partial charge in [-0.15, -0.1) is 0 Å². The van der Waals surface area contributed by atoms with Gasteiger partial charge in [0.05, 0.1) is 12.7 Å². The Kier molecular flexibility index (Phi) is 6.38. The van der Waals surface area contributed by atoms with E-state index in [0.717, 1.165) is 18.6 Å². The number of para-hydroxylation sites is 1. The van der Waals surface area contributed by atoms with E-state index in [2.05, 4.69) is 13.0 Å². The first-order valence-corrected chi connectivity index (χ1v) is 8.20. The van der Waals surface area contributed by atoms with Crippen molar-refractivity contribution in [3.05, 3.63) is 29.8 Å². The first-order valence-electron chi connectivity index (χ1n) is 8.20. The highest BCUT2D eigenvalue weighted by Gasteiger charge is 2.28. The van der Waals surface area contributed by atoms with E-state index >= 15 is 0 Å². The van der Waals surface area contributed by atoms with E-state index < -0.39 is 0 Å². The largest absolute Gasteiger partial charge is 0.508 e. The molecule has 1 aromatic rings. The van der Waals surface area contributed by atoms with Gasteiger partial charge >= 0.3 is 0 Å². The van der Waals surface area contributed by atoms with Crippen LogP contribution in [-0.4, -0.2) is 17.8 Å². The number of hydrogen-bond donors (Lipinski definition) is 1. The number of unbranched alkanes of at least 4 members (excludes halogenated alkanes) is 5. The maximum atomic E-state index is 10.0. The second-order valence-corrected chi connectivity index (χ2v) is 6.00. The average Bonchev–Trinajstić information content (AvgIpc) is 3.26. The number of ether oxygens (including phenoxy) is 1. The van der Waals surface area contributed by atoms with Crippen molar-refractivity contribution in [2.75, 3.05) is 6.61 Å². The summed E-state index contributed by atoms with van der Waals surface area (Å²) in [6.07, 6.45) is 10.6. The minimum atomic E-state index is 0.430. The molecule has 0 radical (unpaired) electrons. The van der Waals surface area contributed by atoms with E-state index in [9.17, 15) is 5.11 Å². The van der Waals surface area contributed by atoms with Gasteiger partial charge in [-0.05, 0) is 30.4 Å². The molecule has 0 saturated carbocycles. The van der Waals surface area contributed by atoms with Gasteiger partial charge in [0.15, 0.2) is 0 Å². The molecule has 1 aliphatic rings.